The van der Waals surface area contributed by atoms with E-state index < -0.39 is 0 Å². The van der Waals surface area contributed by atoms with E-state index in [9.17, 15) is 4.79 Å². The molecule has 19 heavy (non-hydrogen) atoms. The normalized spacial score (nSPS) is 18.1. The zero-order chi connectivity index (χ0) is 12.8. The van der Waals surface area contributed by atoms with Crippen LogP contribution in [0.5, 0.6) is 0 Å². The van der Waals surface area contributed by atoms with E-state index in [1.54, 1.807) is 17.1 Å². The van der Waals surface area contributed by atoms with E-state index in [4.69, 9.17) is 0 Å². The molecule has 0 aromatic carbocycles. The minimum atomic E-state index is 0. The maximum atomic E-state index is 12.3. The maximum absolute atomic E-state index is 12.3. The third-order valence-corrected chi connectivity index (χ3v) is 3.29. The van der Waals surface area contributed by atoms with Crippen LogP contribution in [0.4, 0.5) is 0 Å². The Hall–Kier alpha value is -1.14. The number of nitrogens with one attached hydrogen (secondary N) is 1. The summed E-state index contributed by atoms with van der Waals surface area (Å²) in [7, 11) is 0. The molecule has 0 saturated carbocycles. The summed E-state index contributed by atoms with van der Waals surface area (Å²) in [5.41, 5.74) is 0. The Bertz CT molecular complexity index is 364. The number of hydrogen-bond acceptors (Lipinski definition) is 4. The van der Waals surface area contributed by atoms with Crippen LogP contribution in [0.2, 0.25) is 0 Å². The van der Waals surface area contributed by atoms with E-state index in [1.165, 1.54) is 0 Å². The van der Waals surface area contributed by atoms with Crippen LogP contribution >= 0.6 is 12.4 Å². The van der Waals surface area contributed by atoms with Crippen molar-refractivity contribution in [2.45, 2.75) is 38.8 Å². The zero-order valence-corrected chi connectivity index (χ0v) is 12.1. The number of amides is 1. The third-order valence-electron chi connectivity index (χ3n) is 3.29. The van der Waals surface area contributed by atoms with Crippen LogP contribution < -0.4 is 5.32 Å². The van der Waals surface area contributed by atoms with Crippen LogP contribution in [0.1, 0.15) is 26.2 Å². The Morgan fingerprint density at radius 2 is 2.42 bits per heavy atom. The molecule has 1 saturated heterocycles. The van der Waals surface area contributed by atoms with E-state index in [1.807, 2.05) is 4.90 Å². The minimum Gasteiger partial charge on any atom is -0.338 e. The summed E-state index contributed by atoms with van der Waals surface area (Å²) >= 11 is 0. The smallest absolute Gasteiger partial charge is 0.224 e. The van der Waals surface area contributed by atoms with Crippen LogP contribution in [0.25, 0.3) is 0 Å². The standard InChI is InChI=1S/C12H21N5O.ClH/c1-2-7-17(11-3-5-13-10-11)12(18)4-8-16-9-6-14-15-16;/h6,9,11,13H,2-5,7-8,10H2,1H3;1H. The van der Waals surface area contributed by atoms with Crippen molar-refractivity contribution in [2.24, 2.45) is 0 Å². The van der Waals surface area contributed by atoms with Gasteiger partial charge in [-0.1, -0.05) is 12.1 Å². The van der Waals surface area contributed by atoms with Crippen molar-refractivity contribution in [1.82, 2.24) is 25.2 Å². The molecule has 1 aromatic rings. The first-order valence-electron chi connectivity index (χ1n) is 6.65. The number of aryl methyl sites for hydroxylation is 1. The van der Waals surface area contributed by atoms with Crippen molar-refractivity contribution in [3.8, 4) is 0 Å². The molecular formula is C12H22ClN5O. The van der Waals surface area contributed by atoms with Gasteiger partial charge in [-0.15, -0.1) is 17.5 Å². The van der Waals surface area contributed by atoms with Gasteiger partial charge in [0.15, 0.2) is 0 Å². The molecule has 2 rings (SSSR count). The molecule has 1 fully saturated rings. The number of aromatic nitrogens is 3. The molecular weight excluding hydrogens is 266 g/mol. The lowest BCUT2D eigenvalue weighted by Gasteiger charge is -2.28. The number of carbonyl (C=O) groups is 1. The highest BCUT2D eigenvalue weighted by molar-refractivity contribution is 5.85. The Morgan fingerprint density at radius 3 is 3.00 bits per heavy atom. The van der Waals surface area contributed by atoms with Crippen LogP contribution in [0.15, 0.2) is 12.4 Å². The summed E-state index contributed by atoms with van der Waals surface area (Å²) in [4.78, 5) is 14.3. The molecule has 0 bridgehead atoms. The first-order valence-corrected chi connectivity index (χ1v) is 6.65. The Kier molecular flexibility index (Phi) is 6.80. The van der Waals surface area contributed by atoms with Gasteiger partial charge in [0, 0.05) is 31.7 Å². The molecule has 1 aromatic heterocycles. The molecule has 0 radical (unpaired) electrons. The predicted molar refractivity (Wildman–Crippen MR) is 75.2 cm³/mol. The molecule has 1 aliphatic rings. The van der Waals surface area contributed by atoms with Crippen molar-refractivity contribution in [3.05, 3.63) is 12.4 Å². The molecule has 2 heterocycles. The van der Waals surface area contributed by atoms with E-state index >= 15 is 0 Å². The monoisotopic (exact) mass is 287 g/mol. The van der Waals surface area contributed by atoms with Crippen molar-refractivity contribution < 1.29 is 4.79 Å². The highest BCUT2D eigenvalue weighted by atomic mass is 35.5. The Labute approximate surface area is 119 Å². The van der Waals surface area contributed by atoms with Gasteiger partial charge in [-0.05, 0) is 19.4 Å². The first-order chi connectivity index (χ1) is 8.81. The zero-order valence-electron chi connectivity index (χ0n) is 11.3. The Balaban J connectivity index is 0.00000180. The van der Waals surface area contributed by atoms with Gasteiger partial charge in [0.1, 0.15) is 0 Å². The quantitative estimate of drug-likeness (QED) is 0.836. The molecule has 1 N–H and O–H groups in total. The van der Waals surface area contributed by atoms with Crippen molar-refractivity contribution in [3.63, 3.8) is 0 Å². The Morgan fingerprint density at radius 1 is 1.58 bits per heavy atom. The number of halogens is 1. The number of hydrogen-bond donors (Lipinski definition) is 1. The number of carbonyl (C=O) groups excluding carboxylic acids is 1. The fourth-order valence-corrected chi connectivity index (χ4v) is 2.36. The SMILES string of the molecule is CCCN(C(=O)CCn1ccnn1)C1CCNC1.Cl. The topological polar surface area (TPSA) is 63.1 Å². The molecule has 108 valence electrons. The number of rotatable bonds is 6. The fraction of sp³-hybridized carbons (Fsp3) is 0.750. The average molecular weight is 288 g/mol. The molecule has 0 spiro atoms. The van der Waals surface area contributed by atoms with Crippen molar-refractivity contribution >= 4 is 18.3 Å². The molecule has 1 unspecified atom stereocenters. The van der Waals surface area contributed by atoms with E-state index in [2.05, 4.69) is 22.6 Å². The van der Waals surface area contributed by atoms with Crippen molar-refractivity contribution in [1.29, 1.82) is 0 Å². The second kappa shape index (κ2) is 8.12. The van der Waals surface area contributed by atoms with Gasteiger partial charge < -0.3 is 10.2 Å². The van der Waals surface area contributed by atoms with Crippen LogP contribution in [0.3, 0.4) is 0 Å². The summed E-state index contributed by atoms with van der Waals surface area (Å²) in [6.07, 6.45) is 5.99. The average Bonchev–Trinajstić information content (AvgIpc) is 3.05. The molecule has 6 nitrogen and oxygen atoms in total. The third kappa shape index (κ3) is 4.47. The van der Waals surface area contributed by atoms with Gasteiger partial charge in [0.2, 0.25) is 5.91 Å². The fourth-order valence-electron chi connectivity index (χ4n) is 2.36. The van der Waals surface area contributed by atoms with Gasteiger partial charge in [0.05, 0.1) is 12.7 Å². The lowest BCUT2D eigenvalue weighted by molar-refractivity contribution is -0.133. The molecule has 1 amide bonds. The highest BCUT2D eigenvalue weighted by Gasteiger charge is 2.25. The van der Waals surface area contributed by atoms with Gasteiger partial charge in [0.25, 0.3) is 0 Å². The molecule has 7 heteroatoms. The molecule has 0 aliphatic carbocycles. The van der Waals surface area contributed by atoms with Gasteiger partial charge in [-0.3, -0.25) is 9.48 Å². The summed E-state index contributed by atoms with van der Waals surface area (Å²) in [5, 5.41) is 10.9. The first kappa shape index (κ1) is 15.9. The van der Waals surface area contributed by atoms with Crippen LogP contribution in [-0.2, 0) is 11.3 Å². The predicted octanol–water partition coefficient (Wildman–Crippen LogP) is 0.690. The number of nitrogens with zero attached hydrogens (tertiary/aromatic N) is 4. The summed E-state index contributed by atoms with van der Waals surface area (Å²) in [6.45, 7) is 5.51. The van der Waals surface area contributed by atoms with Gasteiger partial charge >= 0.3 is 0 Å². The van der Waals surface area contributed by atoms with E-state index in [0.29, 0.717) is 19.0 Å². The van der Waals surface area contributed by atoms with E-state index in [0.717, 1.165) is 32.5 Å². The van der Waals surface area contributed by atoms with Crippen molar-refractivity contribution in [2.75, 3.05) is 19.6 Å². The van der Waals surface area contributed by atoms with Crippen LogP contribution in [-0.4, -0.2) is 51.5 Å². The lowest BCUT2D eigenvalue weighted by atomic mass is 10.2. The second-order valence-corrected chi connectivity index (χ2v) is 4.65. The second-order valence-electron chi connectivity index (χ2n) is 4.65. The lowest BCUT2D eigenvalue weighted by Crippen LogP contribution is -2.42. The molecule has 1 aliphatic heterocycles. The van der Waals surface area contributed by atoms with Crippen LogP contribution in [0, 0.1) is 0 Å². The summed E-state index contributed by atoms with van der Waals surface area (Å²) < 4.78 is 1.70. The largest absolute Gasteiger partial charge is 0.338 e. The maximum Gasteiger partial charge on any atom is 0.224 e. The van der Waals surface area contributed by atoms with Gasteiger partial charge in [-0.2, -0.15) is 0 Å². The van der Waals surface area contributed by atoms with Gasteiger partial charge in [-0.25, -0.2) is 0 Å². The van der Waals surface area contributed by atoms with E-state index in [-0.39, 0.29) is 18.3 Å². The molecule has 1 atom stereocenters. The summed E-state index contributed by atoms with van der Waals surface area (Å²) in [5.74, 6) is 0.223. The summed E-state index contributed by atoms with van der Waals surface area (Å²) in [6, 6.07) is 0.369. The minimum absolute atomic E-state index is 0. The highest BCUT2D eigenvalue weighted by Crippen LogP contribution is 2.11.